The molecule has 1 rings (SSSR count). The molecular formula is C13H15BrF3NO. The Kier molecular flexibility index (Phi) is 5.85. The second-order valence-electron chi connectivity index (χ2n) is 4.34. The van der Waals surface area contributed by atoms with Crippen LogP contribution in [0.4, 0.5) is 13.2 Å². The summed E-state index contributed by atoms with van der Waals surface area (Å²) >= 11 is 3.28. The second-order valence-corrected chi connectivity index (χ2v) is 5.13. The fraction of sp³-hybridized carbons (Fsp3) is 0.462. The molecule has 1 atom stereocenters. The monoisotopic (exact) mass is 337 g/mol. The average molecular weight is 338 g/mol. The molecule has 106 valence electrons. The molecule has 6 heteroatoms. The van der Waals surface area contributed by atoms with Crippen molar-refractivity contribution in [2.24, 2.45) is 5.92 Å². The summed E-state index contributed by atoms with van der Waals surface area (Å²) < 4.78 is 38.2. The number of hydrogen-bond acceptors (Lipinski definition) is 1. The van der Waals surface area contributed by atoms with Crippen molar-refractivity contribution in [3.8, 4) is 0 Å². The molecule has 0 aliphatic rings. The van der Waals surface area contributed by atoms with Crippen LogP contribution in [0.25, 0.3) is 0 Å². The van der Waals surface area contributed by atoms with Crippen molar-refractivity contribution in [3.63, 3.8) is 0 Å². The second kappa shape index (κ2) is 6.93. The third-order valence-electron chi connectivity index (χ3n) is 2.69. The van der Waals surface area contributed by atoms with E-state index in [1.807, 2.05) is 6.92 Å². The van der Waals surface area contributed by atoms with E-state index in [0.29, 0.717) is 6.54 Å². The molecule has 0 heterocycles. The molecule has 0 saturated heterocycles. The van der Waals surface area contributed by atoms with Gasteiger partial charge < -0.3 is 5.32 Å². The zero-order valence-electron chi connectivity index (χ0n) is 10.4. The van der Waals surface area contributed by atoms with Crippen LogP contribution in [0, 0.1) is 5.92 Å². The summed E-state index contributed by atoms with van der Waals surface area (Å²) in [6, 6.07) is 4.79. The fourth-order valence-electron chi connectivity index (χ4n) is 1.58. The zero-order chi connectivity index (χ0) is 14.5. The van der Waals surface area contributed by atoms with Crippen LogP contribution in [0.5, 0.6) is 0 Å². The Hall–Kier alpha value is -1.04. The normalized spacial score (nSPS) is 13.1. The average Bonchev–Trinajstić information content (AvgIpc) is 2.35. The smallest absolute Gasteiger partial charge is 0.352 e. The Morgan fingerprint density at radius 1 is 1.37 bits per heavy atom. The zero-order valence-corrected chi connectivity index (χ0v) is 12.0. The van der Waals surface area contributed by atoms with Gasteiger partial charge in [0.2, 0.25) is 0 Å². The van der Waals surface area contributed by atoms with Gasteiger partial charge in [-0.1, -0.05) is 35.0 Å². The van der Waals surface area contributed by atoms with Crippen molar-refractivity contribution in [1.29, 1.82) is 0 Å². The SMILES string of the molecule is CC(CCBr)CNC(=O)c1ccccc1C(F)(F)F. The van der Waals surface area contributed by atoms with Gasteiger partial charge in [0.05, 0.1) is 11.1 Å². The summed E-state index contributed by atoms with van der Waals surface area (Å²) in [5.74, 6) is -0.476. The predicted molar refractivity (Wildman–Crippen MR) is 71.4 cm³/mol. The molecule has 1 aromatic carbocycles. The maximum absolute atomic E-state index is 12.7. The van der Waals surface area contributed by atoms with Crippen molar-refractivity contribution < 1.29 is 18.0 Å². The lowest BCUT2D eigenvalue weighted by Crippen LogP contribution is -2.30. The van der Waals surface area contributed by atoms with Gasteiger partial charge in [-0.15, -0.1) is 0 Å². The Labute approximate surface area is 118 Å². The maximum atomic E-state index is 12.7. The predicted octanol–water partition coefficient (Wildman–Crippen LogP) is 3.86. The van der Waals surface area contributed by atoms with E-state index in [2.05, 4.69) is 21.2 Å². The van der Waals surface area contributed by atoms with Crippen molar-refractivity contribution in [2.45, 2.75) is 19.5 Å². The molecular weight excluding hydrogens is 323 g/mol. The highest BCUT2D eigenvalue weighted by Crippen LogP contribution is 2.31. The van der Waals surface area contributed by atoms with Gasteiger partial charge in [-0.25, -0.2) is 0 Å². The van der Waals surface area contributed by atoms with E-state index in [1.165, 1.54) is 18.2 Å². The van der Waals surface area contributed by atoms with Crippen molar-refractivity contribution in [1.82, 2.24) is 5.32 Å². The van der Waals surface area contributed by atoms with Crippen LogP contribution >= 0.6 is 15.9 Å². The number of alkyl halides is 4. The first-order chi connectivity index (χ1) is 8.86. The van der Waals surface area contributed by atoms with Crippen molar-refractivity contribution in [3.05, 3.63) is 35.4 Å². The highest BCUT2D eigenvalue weighted by molar-refractivity contribution is 9.09. The van der Waals surface area contributed by atoms with Crippen LogP contribution in [-0.2, 0) is 6.18 Å². The fourth-order valence-corrected chi connectivity index (χ4v) is 2.36. The molecule has 2 nitrogen and oxygen atoms in total. The summed E-state index contributed by atoms with van der Waals surface area (Å²) in [4.78, 5) is 11.8. The molecule has 1 unspecified atom stereocenters. The number of benzene rings is 1. The molecule has 19 heavy (non-hydrogen) atoms. The third-order valence-corrected chi connectivity index (χ3v) is 3.15. The molecule has 0 aromatic heterocycles. The van der Waals surface area contributed by atoms with Crippen LogP contribution in [0.1, 0.15) is 29.3 Å². The third kappa shape index (κ3) is 4.86. The Morgan fingerprint density at radius 2 is 2.00 bits per heavy atom. The van der Waals surface area contributed by atoms with Gasteiger partial charge in [0.15, 0.2) is 0 Å². The maximum Gasteiger partial charge on any atom is 0.417 e. The minimum Gasteiger partial charge on any atom is -0.352 e. The van der Waals surface area contributed by atoms with E-state index in [9.17, 15) is 18.0 Å². The van der Waals surface area contributed by atoms with Crippen LogP contribution in [0.3, 0.4) is 0 Å². The number of carbonyl (C=O) groups excluding carboxylic acids is 1. The summed E-state index contributed by atoms with van der Waals surface area (Å²) in [6.45, 7) is 2.29. The summed E-state index contributed by atoms with van der Waals surface area (Å²) in [5, 5.41) is 3.33. The van der Waals surface area contributed by atoms with Crippen molar-refractivity contribution in [2.75, 3.05) is 11.9 Å². The minimum atomic E-state index is -4.52. The van der Waals surface area contributed by atoms with Gasteiger partial charge in [-0.05, 0) is 24.5 Å². The standard InChI is InChI=1S/C13H15BrF3NO/c1-9(6-7-14)8-18-12(19)10-4-2-3-5-11(10)13(15,16)17/h2-5,9H,6-8H2,1H3,(H,18,19). The van der Waals surface area contributed by atoms with E-state index in [-0.39, 0.29) is 11.5 Å². The summed E-state index contributed by atoms with van der Waals surface area (Å²) in [7, 11) is 0. The van der Waals surface area contributed by atoms with Crippen LogP contribution in [-0.4, -0.2) is 17.8 Å². The summed E-state index contributed by atoms with van der Waals surface area (Å²) in [5.41, 5.74) is -1.23. The highest BCUT2D eigenvalue weighted by atomic mass is 79.9. The van der Waals surface area contributed by atoms with E-state index < -0.39 is 17.6 Å². The molecule has 0 aliphatic carbocycles. The first-order valence-electron chi connectivity index (χ1n) is 5.86. The van der Waals surface area contributed by atoms with Gasteiger partial charge in [0.1, 0.15) is 0 Å². The number of nitrogens with one attached hydrogen (secondary N) is 1. The Morgan fingerprint density at radius 3 is 2.58 bits per heavy atom. The topological polar surface area (TPSA) is 29.1 Å². The van der Waals surface area contributed by atoms with Gasteiger partial charge in [-0.3, -0.25) is 4.79 Å². The highest BCUT2D eigenvalue weighted by Gasteiger charge is 2.34. The first kappa shape index (κ1) is 16.0. The van der Waals surface area contributed by atoms with E-state index in [1.54, 1.807) is 0 Å². The molecule has 1 N–H and O–H groups in total. The quantitative estimate of drug-likeness (QED) is 0.812. The van der Waals surface area contributed by atoms with Crippen LogP contribution in [0.2, 0.25) is 0 Å². The Balaban J connectivity index is 2.78. The van der Waals surface area contributed by atoms with E-state index in [0.717, 1.165) is 17.8 Å². The van der Waals surface area contributed by atoms with Gasteiger partial charge in [0.25, 0.3) is 5.91 Å². The van der Waals surface area contributed by atoms with Crippen LogP contribution < -0.4 is 5.32 Å². The molecule has 0 radical (unpaired) electrons. The minimum absolute atomic E-state index is 0.210. The van der Waals surface area contributed by atoms with Gasteiger partial charge in [0, 0.05) is 11.9 Å². The molecule has 0 fully saturated rings. The molecule has 0 aliphatic heterocycles. The van der Waals surface area contributed by atoms with Gasteiger partial charge in [-0.2, -0.15) is 13.2 Å². The lowest BCUT2D eigenvalue weighted by molar-refractivity contribution is -0.137. The lowest BCUT2D eigenvalue weighted by Gasteiger charge is -2.14. The summed E-state index contributed by atoms with van der Waals surface area (Å²) in [6.07, 6.45) is -3.67. The Bertz CT molecular complexity index is 434. The van der Waals surface area contributed by atoms with E-state index >= 15 is 0 Å². The molecule has 1 amide bonds. The molecule has 0 spiro atoms. The number of halogens is 4. The first-order valence-corrected chi connectivity index (χ1v) is 6.98. The van der Waals surface area contributed by atoms with E-state index in [4.69, 9.17) is 0 Å². The van der Waals surface area contributed by atoms with Crippen LogP contribution in [0.15, 0.2) is 24.3 Å². The van der Waals surface area contributed by atoms with Crippen molar-refractivity contribution >= 4 is 21.8 Å². The molecule has 1 aromatic rings. The lowest BCUT2D eigenvalue weighted by atomic mass is 10.1. The molecule has 0 bridgehead atoms. The number of carbonyl (C=O) groups is 1. The number of rotatable bonds is 5. The van der Waals surface area contributed by atoms with Gasteiger partial charge >= 0.3 is 6.18 Å². The largest absolute Gasteiger partial charge is 0.417 e. The number of hydrogen-bond donors (Lipinski definition) is 1. The molecule has 0 saturated carbocycles. The number of amides is 1.